The van der Waals surface area contributed by atoms with Crippen LogP contribution in [0.5, 0.6) is 0 Å². The summed E-state index contributed by atoms with van der Waals surface area (Å²) in [5.41, 5.74) is 0.181. The lowest BCUT2D eigenvalue weighted by Crippen LogP contribution is -2.35. The van der Waals surface area contributed by atoms with E-state index >= 15 is 0 Å². The van der Waals surface area contributed by atoms with Crippen LogP contribution in [-0.2, 0) is 9.53 Å². The van der Waals surface area contributed by atoms with Gasteiger partial charge >= 0.3 is 5.97 Å². The summed E-state index contributed by atoms with van der Waals surface area (Å²) < 4.78 is 18.1. The van der Waals surface area contributed by atoms with Crippen molar-refractivity contribution in [2.24, 2.45) is 0 Å². The van der Waals surface area contributed by atoms with Crippen molar-refractivity contribution in [3.8, 4) is 0 Å². The molecular weight excluding hydrogens is 251 g/mol. The molecule has 1 fully saturated rings. The molecule has 19 heavy (non-hydrogen) atoms. The molecule has 1 aromatic carbocycles. The highest BCUT2D eigenvalue weighted by Gasteiger charge is 2.23. The van der Waals surface area contributed by atoms with Crippen molar-refractivity contribution in [2.45, 2.75) is 18.9 Å². The standard InChI is InChI=1S/C13H15FN2O3/c1-19-13(18)8-4-5-9(14)11(7-8)16-12(17)10-3-2-6-15-10/h4-5,7,10,15H,2-3,6H2,1H3,(H,16,17)/t10-/m0/s1. The molecule has 0 aliphatic carbocycles. The topological polar surface area (TPSA) is 67.4 Å². The van der Waals surface area contributed by atoms with E-state index in [0.717, 1.165) is 25.5 Å². The number of ether oxygens (including phenoxy) is 1. The zero-order chi connectivity index (χ0) is 13.8. The van der Waals surface area contributed by atoms with Gasteiger partial charge in [0.2, 0.25) is 5.91 Å². The second-order valence-electron chi connectivity index (χ2n) is 4.32. The highest BCUT2D eigenvalue weighted by atomic mass is 19.1. The first-order valence-corrected chi connectivity index (χ1v) is 6.04. The van der Waals surface area contributed by atoms with Crippen LogP contribution in [0, 0.1) is 5.82 Å². The van der Waals surface area contributed by atoms with Gasteiger partial charge in [-0.3, -0.25) is 4.79 Å². The van der Waals surface area contributed by atoms with E-state index in [-0.39, 0.29) is 23.2 Å². The number of nitrogens with one attached hydrogen (secondary N) is 2. The Hall–Kier alpha value is -1.95. The monoisotopic (exact) mass is 266 g/mol. The number of halogens is 1. The normalized spacial score (nSPS) is 18.1. The highest BCUT2D eigenvalue weighted by molar-refractivity contribution is 5.97. The van der Waals surface area contributed by atoms with Gasteiger partial charge in [-0.25, -0.2) is 9.18 Å². The van der Waals surface area contributed by atoms with Gasteiger partial charge in [0.15, 0.2) is 0 Å². The number of rotatable bonds is 3. The summed E-state index contributed by atoms with van der Waals surface area (Å²) in [6.07, 6.45) is 1.65. The molecule has 0 spiro atoms. The van der Waals surface area contributed by atoms with Crippen LogP contribution in [0.3, 0.4) is 0 Å². The Labute approximate surface area is 110 Å². The maximum absolute atomic E-state index is 13.6. The largest absolute Gasteiger partial charge is 0.465 e. The number of esters is 1. The molecule has 1 atom stereocenters. The van der Waals surface area contributed by atoms with E-state index in [1.807, 2.05) is 0 Å². The maximum atomic E-state index is 13.6. The fourth-order valence-electron chi connectivity index (χ4n) is 1.99. The summed E-state index contributed by atoms with van der Waals surface area (Å²) in [5.74, 6) is -1.45. The number of anilines is 1. The lowest BCUT2D eigenvalue weighted by molar-refractivity contribution is -0.117. The summed E-state index contributed by atoms with van der Waals surface area (Å²) in [5, 5.41) is 5.51. The SMILES string of the molecule is COC(=O)c1ccc(F)c(NC(=O)[C@@H]2CCCN2)c1. The molecule has 1 aromatic rings. The van der Waals surface area contributed by atoms with E-state index in [4.69, 9.17) is 0 Å². The second kappa shape index (κ2) is 5.79. The van der Waals surface area contributed by atoms with Gasteiger partial charge in [-0.1, -0.05) is 0 Å². The molecule has 1 aliphatic rings. The zero-order valence-corrected chi connectivity index (χ0v) is 10.5. The van der Waals surface area contributed by atoms with E-state index in [0.29, 0.717) is 0 Å². The maximum Gasteiger partial charge on any atom is 0.337 e. The Morgan fingerprint density at radius 2 is 2.26 bits per heavy atom. The van der Waals surface area contributed by atoms with Gasteiger partial charge in [-0.05, 0) is 37.6 Å². The molecule has 0 radical (unpaired) electrons. The smallest absolute Gasteiger partial charge is 0.337 e. The van der Waals surface area contributed by atoms with Gasteiger partial charge < -0.3 is 15.4 Å². The second-order valence-corrected chi connectivity index (χ2v) is 4.32. The fourth-order valence-corrected chi connectivity index (χ4v) is 1.99. The summed E-state index contributed by atoms with van der Waals surface area (Å²) in [6.45, 7) is 0.781. The first-order valence-electron chi connectivity index (χ1n) is 6.04. The molecule has 2 N–H and O–H groups in total. The van der Waals surface area contributed by atoms with E-state index in [2.05, 4.69) is 15.4 Å². The molecule has 5 nitrogen and oxygen atoms in total. The molecule has 102 valence electrons. The van der Waals surface area contributed by atoms with Crippen molar-refractivity contribution in [1.82, 2.24) is 5.32 Å². The quantitative estimate of drug-likeness (QED) is 0.809. The van der Waals surface area contributed by atoms with Gasteiger partial charge in [0, 0.05) is 0 Å². The summed E-state index contributed by atoms with van der Waals surface area (Å²) in [4.78, 5) is 23.2. The molecular formula is C13H15FN2O3. The van der Waals surface area contributed by atoms with Crippen molar-refractivity contribution < 1.29 is 18.7 Å². The molecule has 0 saturated carbocycles. The van der Waals surface area contributed by atoms with Crippen LogP contribution in [0.1, 0.15) is 23.2 Å². The third-order valence-electron chi connectivity index (χ3n) is 3.02. The average Bonchev–Trinajstić information content (AvgIpc) is 2.94. The number of carbonyl (C=O) groups is 2. The summed E-state index contributed by atoms with van der Waals surface area (Å²) in [6, 6.07) is 3.41. The van der Waals surface area contributed by atoms with Crippen LogP contribution >= 0.6 is 0 Å². The number of benzene rings is 1. The third kappa shape index (κ3) is 3.08. The molecule has 1 aliphatic heterocycles. The fraction of sp³-hybridized carbons (Fsp3) is 0.385. The highest BCUT2D eigenvalue weighted by Crippen LogP contribution is 2.18. The molecule has 6 heteroatoms. The Morgan fingerprint density at radius 1 is 1.47 bits per heavy atom. The predicted octanol–water partition coefficient (Wildman–Crippen LogP) is 1.30. The number of amides is 1. The molecule has 1 saturated heterocycles. The van der Waals surface area contributed by atoms with Crippen molar-refractivity contribution >= 4 is 17.6 Å². The van der Waals surface area contributed by atoms with Gasteiger partial charge in [-0.2, -0.15) is 0 Å². The van der Waals surface area contributed by atoms with Crippen LogP contribution in [0.15, 0.2) is 18.2 Å². The van der Waals surface area contributed by atoms with E-state index in [1.54, 1.807) is 0 Å². The van der Waals surface area contributed by atoms with Crippen LogP contribution in [0.25, 0.3) is 0 Å². The lowest BCUT2D eigenvalue weighted by atomic mass is 10.1. The minimum atomic E-state index is -0.584. The minimum Gasteiger partial charge on any atom is -0.465 e. The van der Waals surface area contributed by atoms with Crippen molar-refractivity contribution in [3.63, 3.8) is 0 Å². The number of hydrogen-bond donors (Lipinski definition) is 2. The van der Waals surface area contributed by atoms with Crippen molar-refractivity contribution in [2.75, 3.05) is 19.0 Å². The Balaban J connectivity index is 2.14. The minimum absolute atomic E-state index is 0.0124. The van der Waals surface area contributed by atoms with E-state index < -0.39 is 11.8 Å². The van der Waals surface area contributed by atoms with Gasteiger partial charge in [-0.15, -0.1) is 0 Å². The summed E-state index contributed by atoms with van der Waals surface area (Å²) >= 11 is 0. The average molecular weight is 266 g/mol. The van der Waals surface area contributed by atoms with Crippen LogP contribution in [0.4, 0.5) is 10.1 Å². The Bertz CT molecular complexity index is 499. The molecule has 1 amide bonds. The number of methoxy groups -OCH3 is 1. The zero-order valence-electron chi connectivity index (χ0n) is 10.5. The molecule has 0 aromatic heterocycles. The lowest BCUT2D eigenvalue weighted by Gasteiger charge is -2.12. The molecule has 2 rings (SSSR count). The molecule has 0 unspecified atom stereocenters. The Kier molecular flexibility index (Phi) is 4.11. The first-order chi connectivity index (χ1) is 9.11. The van der Waals surface area contributed by atoms with E-state index in [1.165, 1.54) is 19.2 Å². The molecule has 1 heterocycles. The summed E-state index contributed by atoms with van der Waals surface area (Å²) in [7, 11) is 1.24. The van der Waals surface area contributed by atoms with E-state index in [9.17, 15) is 14.0 Å². The molecule has 0 bridgehead atoms. The number of carbonyl (C=O) groups excluding carboxylic acids is 2. The van der Waals surface area contributed by atoms with Crippen molar-refractivity contribution in [1.29, 1.82) is 0 Å². The number of hydrogen-bond acceptors (Lipinski definition) is 4. The first kappa shape index (κ1) is 13.5. The Morgan fingerprint density at radius 3 is 2.89 bits per heavy atom. The van der Waals surface area contributed by atoms with Gasteiger partial charge in [0.1, 0.15) is 5.82 Å². The third-order valence-corrected chi connectivity index (χ3v) is 3.02. The van der Waals surface area contributed by atoms with Crippen LogP contribution in [-0.4, -0.2) is 31.6 Å². The van der Waals surface area contributed by atoms with Crippen molar-refractivity contribution in [3.05, 3.63) is 29.6 Å². The van der Waals surface area contributed by atoms with Gasteiger partial charge in [0.05, 0.1) is 24.4 Å². The predicted molar refractivity (Wildman–Crippen MR) is 67.4 cm³/mol. The van der Waals surface area contributed by atoms with Gasteiger partial charge in [0.25, 0.3) is 0 Å². The van der Waals surface area contributed by atoms with Crippen LogP contribution < -0.4 is 10.6 Å². The van der Waals surface area contributed by atoms with Crippen LogP contribution in [0.2, 0.25) is 0 Å².